The van der Waals surface area contributed by atoms with Crippen LogP contribution in [0.2, 0.25) is 0 Å². The van der Waals surface area contributed by atoms with E-state index in [0.29, 0.717) is 13.1 Å². The van der Waals surface area contributed by atoms with E-state index in [4.69, 9.17) is 0 Å². The van der Waals surface area contributed by atoms with Gasteiger partial charge in [0.2, 0.25) is 11.8 Å². The predicted octanol–water partition coefficient (Wildman–Crippen LogP) is 1.61. The molecular formula is C17H21N3O2. The number of carbonyl (C=O) groups is 2. The Morgan fingerprint density at radius 2 is 2.23 bits per heavy atom. The van der Waals surface area contributed by atoms with Crippen LogP contribution in [-0.2, 0) is 15.1 Å². The Labute approximate surface area is 130 Å². The van der Waals surface area contributed by atoms with Crippen molar-refractivity contribution in [1.82, 2.24) is 15.2 Å². The molecule has 0 radical (unpaired) electrons. The maximum Gasteiger partial charge on any atom is 0.245 e. The van der Waals surface area contributed by atoms with Gasteiger partial charge in [0.15, 0.2) is 0 Å². The molecule has 1 aliphatic carbocycles. The second kappa shape index (κ2) is 5.91. The average Bonchev–Trinajstić information content (AvgIpc) is 3.36. The number of nitrogens with one attached hydrogen (secondary N) is 1. The number of pyridine rings is 1. The molecule has 0 spiro atoms. The Morgan fingerprint density at radius 3 is 2.86 bits per heavy atom. The minimum atomic E-state index is -0.289. The Bertz CT molecular complexity index is 581. The van der Waals surface area contributed by atoms with Crippen LogP contribution in [0.4, 0.5) is 0 Å². The van der Waals surface area contributed by atoms with Gasteiger partial charge in [-0.15, -0.1) is 0 Å². The van der Waals surface area contributed by atoms with Crippen LogP contribution in [0.3, 0.4) is 0 Å². The van der Waals surface area contributed by atoms with Crippen LogP contribution >= 0.6 is 0 Å². The molecule has 1 aliphatic heterocycles. The van der Waals surface area contributed by atoms with Crippen LogP contribution in [-0.4, -0.2) is 34.8 Å². The Morgan fingerprint density at radius 1 is 1.41 bits per heavy atom. The van der Waals surface area contributed by atoms with Crippen molar-refractivity contribution in [2.45, 2.75) is 31.2 Å². The van der Waals surface area contributed by atoms with Crippen LogP contribution < -0.4 is 5.32 Å². The highest BCUT2D eigenvalue weighted by molar-refractivity contribution is 5.88. The minimum absolute atomic E-state index is 0.0321. The lowest BCUT2D eigenvalue weighted by molar-refractivity contribution is -0.132. The van der Waals surface area contributed by atoms with E-state index in [1.807, 2.05) is 18.2 Å². The summed E-state index contributed by atoms with van der Waals surface area (Å²) in [6, 6.07) is 5.78. The molecule has 3 rings (SSSR count). The van der Waals surface area contributed by atoms with Gasteiger partial charge in [-0.2, -0.15) is 0 Å². The highest BCUT2D eigenvalue weighted by Crippen LogP contribution is 2.44. The molecule has 1 saturated carbocycles. The molecule has 1 N–H and O–H groups in total. The zero-order valence-corrected chi connectivity index (χ0v) is 12.6. The monoisotopic (exact) mass is 299 g/mol. The van der Waals surface area contributed by atoms with Gasteiger partial charge in [0.05, 0.1) is 17.2 Å². The molecule has 5 heteroatoms. The summed E-state index contributed by atoms with van der Waals surface area (Å²) in [7, 11) is 0. The zero-order chi connectivity index (χ0) is 15.6. The average molecular weight is 299 g/mol. The van der Waals surface area contributed by atoms with E-state index in [0.717, 1.165) is 31.4 Å². The first-order valence-electron chi connectivity index (χ1n) is 7.79. The van der Waals surface area contributed by atoms with Gasteiger partial charge < -0.3 is 10.2 Å². The molecule has 5 nitrogen and oxygen atoms in total. The first-order valence-corrected chi connectivity index (χ1v) is 7.79. The highest BCUT2D eigenvalue weighted by atomic mass is 16.2. The molecule has 1 aromatic heterocycles. The topological polar surface area (TPSA) is 62.3 Å². The number of piperidine rings is 1. The summed E-state index contributed by atoms with van der Waals surface area (Å²) in [5.74, 6) is -0.202. The second-order valence-corrected chi connectivity index (χ2v) is 6.11. The molecule has 2 amide bonds. The van der Waals surface area contributed by atoms with Crippen molar-refractivity contribution in [2.75, 3.05) is 13.1 Å². The van der Waals surface area contributed by atoms with Crippen LogP contribution in [0, 0.1) is 5.92 Å². The van der Waals surface area contributed by atoms with Gasteiger partial charge in [-0.1, -0.05) is 12.6 Å². The molecule has 2 heterocycles. The molecule has 0 bridgehead atoms. The first kappa shape index (κ1) is 14.8. The summed E-state index contributed by atoms with van der Waals surface area (Å²) in [6.07, 6.45) is 6.61. The summed E-state index contributed by atoms with van der Waals surface area (Å²) in [4.78, 5) is 30.4. The molecule has 1 saturated heterocycles. The summed E-state index contributed by atoms with van der Waals surface area (Å²) >= 11 is 0. The van der Waals surface area contributed by atoms with E-state index in [1.165, 1.54) is 6.08 Å². The summed E-state index contributed by atoms with van der Waals surface area (Å²) in [5, 5.41) is 3.17. The number of hydrogen-bond acceptors (Lipinski definition) is 3. The second-order valence-electron chi connectivity index (χ2n) is 6.11. The lowest BCUT2D eigenvalue weighted by Crippen LogP contribution is -2.47. The van der Waals surface area contributed by atoms with Gasteiger partial charge in [0.25, 0.3) is 0 Å². The van der Waals surface area contributed by atoms with Crippen molar-refractivity contribution in [1.29, 1.82) is 0 Å². The number of rotatable bonds is 4. The molecule has 0 aromatic carbocycles. The Hall–Kier alpha value is -2.17. The van der Waals surface area contributed by atoms with E-state index in [2.05, 4.69) is 16.9 Å². The largest absolute Gasteiger partial charge is 0.345 e. The quantitative estimate of drug-likeness (QED) is 0.859. The van der Waals surface area contributed by atoms with Crippen molar-refractivity contribution in [2.24, 2.45) is 5.92 Å². The fraction of sp³-hybridized carbons (Fsp3) is 0.471. The van der Waals surface area contributed by atoms with E-state index >= 15 is 0 Å². The molecule has 1 unspecified atom stereocenters. The number of carbonyl (C=O) groups excluding carboxylic acids is 2. The Balaban J connectivity index is 1.65. The summed E-state index contributed by atoms with van der Waals surface area (Å²) in [5.41, 5.74) is 0.640. The standard InChI is InChI=1S/C17H21N3O2/c1-2-15(21)20-11-5-6-13(12-20)16(22)19-17(8-9-17)14-7-3-4-10-18-14/h2-4,7,10,13H,1,5-6,8-9,11-12H2,(H,19,22). The third-order valence-corrected chi connectivity index (χ3v) is 4.55. The SMILES string of the molecule is C=CC(=O)N1CCCC(C(=O)NC2(c3ccccn3)CC2)C1. The Kier molecular flexibility index (Phi) is 3.96. The van der Waals surface area contributed by atoms with Gasteiger partial charge in [-0.25, -0.2) is 0 Å². The van der Waals surface area contributed by atoms with Crippen molar-refractivity contribution in [3.8, 4) is 0 Å². The highest BCUT2D eigenvalue weighted by Gasteiger charge is 2.47. The van der Waals surface area contributed by atoms with Crippen molar-refractivity contribution >= 4 is 11.8 Å². The van der Waals surface area contributed by atoms with E-state index in [9.17, 15) is 9.59 Å². The van der Waals surface area contributed by atoms with Crippen molar-refractivity contribution in [3.63, 3.8) is 0 Å². The lowest BCUT2D eigenvalue weighted by Gasteiger charge is -2.32. The number of likely N-dealkylation sites (tertiary alicyclic amines) is 1. The van der Waals surface area contributed by atoms with E-state index in [1.54, 1.807) is 11.1 Å². The maximum atomic E-state index is 12.6. The maximum absolute atomic E-state index is 12.6. The minimum Gasteiger partial charge on any atom is -0.345 e. The molecule has 1 atom stereocenters. The van der Waals surface area contributed by atoms with Gasteiger partial charge in [0, 0.05) is 19.3 Å². The number of amides is 2. The fourth-order valence-corrected chi connectivity index (χ4v) is 3.07. The molecular weight excluding hydrogens is 278 g/mol. The first-order chi connectivity index (χ1) is 10.6. The van der Waals surface area contributed by atoms with Crippen LogP contribution in [0.5, 0.6) is 0 Å². The third kappa shape index (κ3) is 2.89. The van der Waals surface area contributed by atoms with E-state index < -0.39 is 0 Å². The predicted molar refractivity (Wildman–Crippen MR) is 82.8 cm³/mol. The van der Waals surface area contributed by atoms with Gasteiger partial charge >= 0.3 is 0 Å². The third-order valence-electron chi connectivity index (χ3n) is 4.55. The van der Waals surface area contributed by atoms with Gasteiger partial charge in [-0.05, 0) is 43.9 Å². The van der Waals surface area contributed by atoms with Crippen LogP contribution in [0.25, 0.3) is 0 Å². The zero-order valence-electron chi connectivity index (χ0n) is 12.6. The number of aromatic nitrogens is 1. The molecule has 2 fully saturated rings. The van der Waals surface area contributed by atoms with E-state index in [-0.39, 0.29) is 23.3 Å². The van der Waals surface area contributed by atoms with Crippen LogP contribution in [0.1, 0.15) is 31.4 Å². The normalized spacial score (nSPS) is 22.7. The molecule has 22 heavy (non-hydrogen) atoms. The van der Waals surface area contributed by atoms with Crippen molar-refractivity contribution < 1.29 is 9.59 Å². The fourth-order valence-electron chi connectivity index (χ4n) is 3.07. The van der Waals surface area contributed by atoms with Crippen molar-refractivity contribution in [3.05, 3.63) is 42.7 Å². The van der Waals surface area contributed by atoms with Crippen LogP contribution in [0.15, 0.2) is 37.1 Å². The number of nitrogens with zero attached hydrogens (tertiary/aromatic N) is 2. The molecule has 1 aromatic rings. The lowest BCUT2D eigenvalue weighted by atomic mass is 9.96. The smallest absolute Gasteiger partial charge is 0.245 e. The number of hydrogen-bond donors (Lipinski definition) is 1. The van der Waals surface area contributed by atoms with Gasteiger partial charge in [-0.3, -0.25) is 14.6 Å². The summed E-state index contributed by atoms with van der Waals surface area (Å²) < 4.78 is 0. The molecule has 2 aliphatic rings. The van der Waals surface area contributed by atoms with Gasteiger partial charge in [0.1, 0.15) is 0 Å². The molecule has 116 valence electrons. The summed E-state index contributed by atoms with van der Waals surface area (Å²) in [6.45, 7) is 4.70.